The maximum Gasteiger partial charge on any atom is 0.344 e. The van der Waals surface area contributed by atoms with Gasteiger partial charge >= 0.3 is 5.97 Å². The Bertz CT molecular complexity index is 588. The first-order valence-corrected chi connectivity index (χ1v) is 6.50. The van der Waals surface area contributed by atoms with Crippen molar-refractivity contribution in [3.8, 4) is 0 Å². The van der Waals surface area contributed by atoms with Gasteiger partial charge in [-0.3, -0.25) is 0 Å². The highest BCUT2D eigenvalue weighted by molar-refractivity contribution is 7.89. The molecule has 0 saturated carbocycles. The van der Waals surface area contributed by atoms with Gasteiger partial charge in [0.25, 0.3) is 0 Å². The molecule has 106 valence electrons. The van der Waals surface area contributed by atoms with Crippen LogP contribution in [0.1, 0.15) is 10.4 Å². The summed E-state index contributed by atoms with van der Waals surface area (Å²) in [6.07, 6.45) is 0. The van der Waals surface area contributed by atoms with E-state index in [1.807, 2.05) is 0 Å². The van der Waals surface area contributed by atoms with Gasteiger partial charge in [0, 0.05) is 7.11 Å². The van der Waals surface area contributed by atoms with Crippen molar-refractivity contribution >= 4 is 16.0 Å². The third-order valence-electron chi connectivity index (χ3n) is 2.09. The van der Waals surface area contributed by atoms with Crippen molar-refractivity contribution in [2.24, 2.45) is 5.14 Å². The van der Waals surface area contributed by atoms with Gasteiger partial charge in [-0.25, -0.2) is 27.1 Å². The smallest absolute Gasteiger partial charge is 0.344 e. The van der Waals surface area contributed by atoms with E-state index in [0.717, 1.165) is 0 Å². The van der Waals surface area contributed by atoms with E-state index in [1.54, 1.807) is 0 Å². The number of halogens is 2. The van der Waals surface area contributed by atoms with Gasteiger partial charge in [0.15, 0.2) is 5.82 Å². The second kappa shape index (κ2) is 6.04. The highest BCUT2D eigenvalue weighted by Crippen LogP contribution is 2.20. The quantitative estimate of drug-likeness (QED) is 0.627. The predicted octanol–water partition coefficient (Wildman–Crippen LogP) is 0.415. The molecule has 1 aromatic carbocycles. The molecule has 6 nitrogen and oxygen atoms in total. The minimum atomic E-state index is -4.41. The van der Waals surface area contributed by atoms with E-state index in [2.05, 4.69) is 9.47 Å². The van der Waals surface area contributed by atoms with Crippen LogP contribution in [0.15, 0.2) is 17.0 Å². The zero-order valence-corrected chi connectivity index (χ0v) is 10.7. The van der Waals surface area contributed by atoms with E-state index in [-0.39, 0.29) is 13.2 Å². The van der Waals surface area contributed by atoms with E-state index < -0.39 is 38.1 Å². The zero-order chi connectivity index (χ0) is 14.6. The molecule has 0 unspecified atom stereocenters. The zero-order valence-electron chi connectivity index (χ0n) is 9.85. The Hall–Kier alpha value is -1.58. The summed E-state index contributed by atoms with van der Waals surface area (Å²) in [4.78, 5) is 10.5. The maximum atomic E-state index is 13.8. The topological polar surface area (TPSA) is 95.7 Å². The third kappa shape index (κ3) is 3.69. The molecule has 1 aromatic rings. The van der Waals surface area contributed by atoms with Crippen molar-refractivity contribution < 1.29 is 31.5 Å². The Labute approximate surface area is 108 Å². The molecular formula is C10H11F2NO5S. The van der Waals surface area contributed by atoms with Crippen molar-refractivity contribution in [1.82, 2.24) is 0 Å². The first kappa shape index (κ1) is 15.5. The predicted molar refractivity (Wildman–Crippen MR) is 59.9 cm³/mol. The highest BCUT2D eigenvalue weighted by Gasteiger charge is 2.26. The van der Waals surface area contributed by atoms with Gasteiger partial charge in [-0.15, -0.1) is 0 Å². The number of carbonyl (C=O) groups excluding carboxylic acids is 1. The van der Waals surface area contributed by atoms with E-state index in [4.69, 9.17) is 5.14 Å². The monoisotopic (exact) mass is 295 g/mol. The standard InChI is InChI=1S/C10H11F2NO5S/c1-17-4-5-18-10(14)8-6(11)2-3-7(9(8)12)19(13,15)16/h2-3H,4-5H2,1H3,(H2,13,15,16). The number of sulfonamides is 1. The third-order valence-corrected chi connectivity index (χ3v) is 3.02. The fourth-order valence-electron chi connectivity index (χ4n) is 1.23. The summed E-state index contributed by atoms with van der Waals surface area (Å²) in [7, 11) is -3.06. The Morgan fingerprint density at radius 1 is 1.32 bits per heavy atom. The molecule has 0 saturated heterocycles. The summed E-state index contributed by atoms with van der Waals surface area (Å²) < 4.78 is 58.3. The molecule has 9 heteroatoms. The van der Waals surface area contributed by atoms with Gasteiger partial charge < -0.3 is 9.47 Å². The van der Waals surface area contributed by atoms with Crippen LogP contribution < -0.4 is 5.14 Å². The second-order valence-corrected chi connectivity index (χ2v) is 4.94. The molecule has 2 N–H and O–H groups in total. The lowest BCUT2D eigenvalue weighted by molar-refractivity contribution is 0.0377. The van der Waals surface area contributed by atoms with Crippen molar-refractivity contribution in [3.63, 3.8) is 0 Å². The number of hydrogen-bond donors (Lipinski definition) is 1. The van der Waals surface area contributed by atoms with Crippen molar-refractivity contribution in [3.05, 3.63) is 29.3 Å². The molecule has 0 aliphatic heterocycles. The number of benzene rings is 1. The first-order valence-electron chi connectivity index (χ1n) is 4.96. The molecule has 0 atom stereocenters. The van der Waals surface area contributed by atoms with Crippen LogP contribution in [-0.4, -0.2) is 34.7 Å². The minimum absolute atomic E-state index is 0.0316. The van der Waals surface area contributed by atoms with Crippen molar-refractivity contribution in [2.45, 2.75) is 4.90 Å². The average Bonchev–Trinajstić information content (AvgIpc) is 2.27. The molecular weight excluding hydrogens is 284 g/mol. The average molecular weight is 295 g/mol. The van der Waals surface area contributed by atoms with Crippen LogP contribution in [0.3, 0.4) is 0 Å². The van der Waals surface area contributed by atoms with Gasteiger partial charge in [-0.2, -0.15) is 0 Å². The molecule has 0 spiro atoms. The summed E-state index contributed by atoms with van der Waals surface area (Å²) in [6.45, 7) is -0.197. The molecule has 1 rings (SSSR count). The molecule has 0 aromatic heterocycles. The van der Waals surface area contributed by atoms with Crippen LogP contribution >= 0.6 is 0 Å². The summed E-state index contributed by atoms with van der Waals surface area (Å²) in [5, 5.41) is 4.74. The number of carbonyl (C=O) groups is 1. The molecule has 0 radical (unpaired) electrons. The molecule has 19 heavy (non-hydrogen) atoms. The van der Waals surface area contributed by atoms with Gasteiger partial charge in [-0.05, 0) is 12.1 Å². The number of primary sulfonamides is 1. The highest BCUT2D eigenvalue weighted by atomic mass is 32.2. The van der Waals surface area contributed by atoms with E-state index in [0.29, 0.717) is 12.1 Å². The first-order chi connectivity index (χ1) is 8.79. The largest absolute Gasteiger partial charge is 0.459 e. The summed E-state index contributed by atoms with van der Waals surface area (Å²) in [5.41, 5.74) is -1.11. The Morgan fingerprint density at radius 2 is 1.95 bits per heavy atom. The summed E-state index contributed by atoms with van der Waals surface area (Å²) in [5.74, 6) is -4.16. The van der Waals surface area contributed by atoms with Crippen molar-refractivity contribution in [2.75, 3.05) is 20.3 Å². The van der Waals surface area contributed by atoms with Crippen LogP contribution in [0.25, 0.3) is 0 Å². The van der Waals surface area contributed by atoms with Crippen LogP contribution in [0.4, 0.5) is 8.78 Å². The molecule has 0 amide bonds. The van der Waals surface area contributed by atoms with E-state index in [9.17, 15) is 22.0 Å². The summed E-state index contributed by atoms with van der Waals surface area (Å²) in [6, 6.07) is 1.25. The van der Waals surface area contributed by atoms with Crippen LogP contribution in [0, 0.1) is 11.6 Å². The Balaban J connectivity index is 3.17. The Morgan fingerprint density at radius 3 is 2.47 bits per heavy atom. The SMILES string of the molecule is COCCOC(=O)c1c(F)ccc(S(N)(=O)=O)c1F. The molecule has 0 fully saturated rings. The lowest BCUT2D eigenvalue weighted by Crippen LogP contribution is -2.19. The van der Waals surface area contributed by atoms with Crippen LogP contribution in [0.5, 0.6) is 0 Å². The van der Waals surface area contributed by atoms with Gasteiger partial charge in [0.05, 0.1) is 6.61 Å². The molecule has 0 heterocycles. The Kier molecular flexibility index (Phi) is 4.92. The van der Waals surface area contributed by atoms with E-state index >= 15 is 0 Å². The van der Waals surface area contributed by atoms with Gasteiger partial charge in [0.1, 0.15) is 22.9 Å². The van der Waals surface area contributed by atoms with Crippen LogP contribution in [0.2, 0.25) is 0 Å². The fraction of sp³-hybridized carbons (Fsp3) is 0.300. The van der Waals surface area contributed by atoms with Crippen LogP contribution in [-0.2, 0) is 19.5 Å². The maximum absolute atomic E-state index is 13.8. The number of rotatable bonds is 5. The number of nitrogens with two attached hydrogens (primary N) is 1. The number of esters is 1. The normalized spacial score (nSPS) is 11.4. The van der Waals surface area contributed by atoms with Crippen molar-refractivity contribution in [1.29, 1.82) is 0 Å². The number of methoxy groups -OCH3 is 1. The second-order valence-electron chi connectivity index (χ2n) is 3.41. The fourth-order valence-corrected chi connectivity index (χ4v) is 1.84. The lowest BCUT2D eigenvalue weighted by atomic mass is 10.2. The molecule has 0 aliphatic rings. The molecule has 0 bridgehead atoms. The number of ether oxygens (including phenoxy) is 2. The van der Waals surface area contributed by atoms with E-state index in [1.165, 1.54) is 7.11 Å². The van der Waals surface area contributed by atoms with Gasteiger partial charge in [0.2, 0.25) is 10.0 Å². The molecule has 0 aliphatic carbocycles. The van der Waals surface area contributed by atoms with Gasteiger partial charge in [-0.1, -0.05) is 0 Å². The summed E-state index contributed by atoms with van der Waals surface area (Å²) >= 11 is 0. The number of hydrogen-bond acceptors (Lipinski definition) is 5. The lowest BCUT2D eigenvalue weighted by Gasteiger charge is -2.08. The minimum Gasteiger partial charge on any atom is -0.459 e.